The molecule has 6 atom stereocenters. The van der Waals surface area contributed by atoms with Crippen molar-refractivity contribution in [3.63, 3.8) is 0 Å². The number of rotatable bonds is 5. The van der Waals surface area contributed by atoms with Crippen LogP contribution in [0.1, 0.15) is 87.6 Å². The summed E-state index contributed by atoms with van der Waals surface area (Å²) in [6.07, 6.45) is 17.5. The van der Waals surface area contributed by atoms with Crippen LogP contribution in [0.25, 0.3) is 6.08 Å². The highest BCUT2D eigenvalue weighted by molar-refractivity contribution is 5.89. The number of carbonyl (C=O) groups is 1. The molecule has 2 saturated heterocycles. The van der Waals surface area contributed by atoms with Gasteiger partial charge in [0.15, 0.2) is 11.6 Å². The zero-order chi connectivity index (χ0) is 28.3. The Hall–Kier alpha value is -1.99. The molecule has 0 aromatic heterocycles. The Morgan fingerprint density at radius 2 is 1.66 bits per heavy atom. The minimum absolute atomic E-state index is 0.165. The van der Waals surface area contributed by atoms with E-state index >= 15 is 0 Å². The van der Waals surface area contributed by atoms with Gasteiger partial charge in [-0.1, -0.05) is 42.9 Å². The molecule has 3 saturated carbocycles. The van der Waals surface area contributed by atoms with Gasteiger partial charge in [0, 0.05) is 18.8 Å². The van der Waals surface area contributed by atoms with Gasteiger partial charge in [-0.05, 0) is 98.1 Å². The third-order valence-electron chi connectivity index (χ3n) is 12.3. The molecule has 1 aromatic carbocycles. The molecule has 7 rings (SSSR count). The molecule has 4 aliphatic carbocycles. The summed E-state index contributed by atoms with van der Waals surface area (Å²) in [5.74, 6) is 1.31. The second-order valence-corrected chi connectivity index (χ2v) is 13.9. The van der Waals surface area contributed by atoms with Crippen LogP contribution in [0.15, 0.2) is 42.0 Å². The summed E-state index contributed by atoms with van der Waals surface area (Å²) in [7, 11) is 1.42. The number of methoxy groups -OCH3 is 1. The minimum Gasteiger partial charge on any atom is -0.465 e. The van der Waals surface area contributed by atoms with E-state index in [1.165, 1.54) is 39.2 Å². The highest BCUT2D eigenvalue weighted by Gasteiger charge is 2.64. The van der Waals surface area contributed by atoms with Crippen LogP contribution in [0.3, 0.4) is 0 Å². The Bertz CT molecular complexity index is 1210. The molecule has 6 heteroatoms. The topological polar surface area (TPSA) is 63.2 Å². The van der Waals surface area contributed by atoms with Crippen molar-refractivity contribution >= 4 is 12.0 Å². The second kappa shape index (κ2) is 10.3. The van der Waals surface area contributed by atoms with E-state index in [9.17, 15) is 4.79 Å². The van der Waals surface area contributed by atoms with Gasteiger partial charge in [0.25, 0.3) is 0 Å². The SMILES string of the molecule is COC(=O)c1ccc(C=CC[C@]23CC[C@@H]4[C@@H](CC=C5CC6(CC[C@]54C)OCCO6)[C@@H]2CC[C@@H]3C2(C)OCCO2)cc1. The van der Waals surface area contributed by atoms with Crippen molar-refractivity contribution in [1.82, 2.24) is 0 Å². The molecule has 6 nitrogen and oxygen atoms in total. The number of carbonyl (C=O) groups excluding carboxylic acids is 1. The summed E-state index contributed by atoms with van der Waals surface area (Å²) in [5.41, 5.74) is 3.70. The van der Waals surface area contributed by atoms with Gasteiger partial charge in [-0.15, -0.1) is 0 Å². The van der Waals surface area contributed by atoms with Crippen LogP contribution in [-0.2, 0) is 23.7 Å². The van der Waals surface area contributed by atoms with Crippen molar-refractivity contribution in [2.45, 2.75) is 83.2 Å². The first-order valence-corrected chi connectivity index (χ1v) is 15.9. The van der Waals surface area contributed by atoms with E-state index < -0.39 is 5.79 Å². The van der Waals surface area contributed by atoms with E-state index in [4.69, 9.17) is 23.7 Å². The van der Waals surface area contributed by atoms with E-state index in [1.807, 2.05) is 24.3 Å². The van der Waals surface area contributed by atoms with Crippen LogP contribution >= 0.6 is 0 Å². The van der Waals surface area contributed by atoms with Crippen LogP contribution in [0.5, 0.6) is 0 Å². The van der Waals surface area contributed by atoms with Crippen molar-refractivity contribution in [3.05, 3.63) is 53.1 Å². The predicted octanol–water partition coefficient (Wildman–Crippen LogP) is 6.94. The van der Waals surface area contributed by atoms with Gasteiger partial charge < -0.3 is 23.7 Å². The van der Waals surface area contributed by atoms with Crippen LogP contribution in [0, 0.1) is 34.5 Å². The third-order valence-corrected chi connectivity index (χ3v) is 12.3. The number of hydrogen-bond acceptors (Lipinski definition) is 6. The fraction of sp³-hybridized carbons (Fsp3) is 0.686. The predicted molar refractivity (Wildman–Crippen MR) is 156 cm³/mol. The number of allylic oxidation sites excluding steroid dienone is 2. The van der Waals surface area contributed by atoms with Crippen LogP contribution < -0.4 is 0 Å². The molecule has 41 heavy (non-hydrogen) atoms. The van der Waals surface area contributed by atoms with Crippen molar-refractivity contribution in [2.24, 2.45) is 34.5 Å². The smallest absolute Gasteiger partial charge is 0.337 e. The average molecular weight is 563 g/mol. The van der Waals surface area contributed by atoms with Gasteiger partial charge in [-0.25, -0.2) is 4.79 Å². The fourth-order valence-electron chi connectivity index (χ4n) is 10.3. The summed E-state index contributed by atoms with van der Waals surface area (Å²) in [6, 6.07) is 7.71. The van der Waals surface area contributed by atoms with Gasteiger partial charge >= 0.3 is 5.97 Å². The van der Waals surface area contributed by atoms with E-state index in [1.54, 1.807) is 5.57 Å². The molecule has 0 amide bonds. The summed E-state index contributed by atoms with van der Waals surface area (Å²) in [5, 5.41) is 0. The summed E-state index contributed by atoms with van der Waals surface area (Å²) >= 11 is 0. The molecule has 2 aliphatic heterocycles. The molecule has 6 aliphatic rings. The lowest BCUT2D eigenvalue weighted by molar-refractivity contribution is -0.219. The quantitative estimate of drug-likeness (QED) is 0.286. The molecule has 0 unspecified atom stereocenters. The molecule has 0 N–H and O–H groups in total. The number of fused-ring (bicyclic) bond motifs is 5. The van der Waals surface area contributed by atoms with Gasteiger partial charge in [0.1, 0.15) is 0 Å². The number of ether oxygens (including phenoxy) is 5. The molecule has 5 fully saturated rings. The lowest BCUT2D eigenvalue weighted by Gasteiger charge is -2.60. The van der Waals surface area contributed by atoms with Crippen LogP contribution in [0.2, 0.25) is 0 Å². The first-order valence-electron chi connectivity index (χ1n) is 15.9. The summed E-state index contributed by atoms with van der Waals surface area (Å²) in [6.45, 7) is 7.61. The van der Waals surface area contributed by atoms with Gasteiger partial charge in [0.05, 0.1) is 39.1 Å². The van der Waals surface area contributed by atoms with Gasteiger partial charge in [-0.3, -0.25) is 0 Å². The number of benzene rings is 1. The summed E-state index contributed by atoms with van der Waals surface area (Å²) in [4.78, 5) is 11.9. The lowest BCUT2D eigenvalue weighted by atomic mass is 9.46. The molecule has 222 valence electrons. The lowest BCUT2D eigenvalue weighted by Crippen LogP contribution is -2.55. The Balaban J connectivity index is 1.17. The maximum Gasteiger partial charge on any atom is 0.337 e. The first-order chi connectivity index (χ1) is 19.8. The van der Waals surface area contributed by atoms with E-state index in [0.29, 0.717) is 42.4 Å². The Morgan fingerprint density at radius 3 is 2.39 bits per heavy atom. The Kier molecular flexibility index (Phi) is 7.01. The van der Waals surface area contributed by atoms with E-state index in [2.05, 4.69) is 32.1 Å². The largest absolute Gasteiger partial charge is 0.465 e. The van der Waals surface area contributed by atoms with Crippen molar-refractivity contribution < 1.29 is 28.5 Å². The number of hydrogen-bond donors (Lipinski definition) is 0. The Labute approximate surface area is 244 Å². The average Bonchev–Trinajstić information content (AvgIpc) is 3.73. The van der Waals surface area contributed by atoms with Gasteiger partial charge in [-0.2, -0.15) is 0 Å². The molecule has 1 aromatic rings. The first kappa shape index (κ1) is 27.8. The normalized spacial score (nSPS) is 38.9. The van der Waals surface area contributed by atoms with Crippen molar-refractivity contribution in [3.8, 4) is 0 Å². The van der Waals surface area contributed by atoms with Crippen molar-refractivity contribution in [1.29, 1.82) is 0 Å². The standard InChI is InChI=1S/C35H46O6/c1-32-17-18-35(40-21-22-41-35)23-26(32)10-11-27-28(32)14-16-34(29(27)12-13-30(34)33(2)38-19-20-39-33)15-4-5-24-6-8-25(9-7-24)31(36)37-3/h4-10,27-30H,11-23H2,1-3H3/t27-,28-,29+,30-,32-,34+/m1/s1. The molecular formula is C35H46O6. The van der Waals surface area contributed by atoms with Gasteiger partial charge in [0.2, 0.25) is 0 Å². The molecular weight excluding hydrogens is 516 g/mol. The maximum atomic E-state index is 11.9. The van der Waals surface area contributed by atoms with Crippen molar-refractivity contribution in [2.75, 3.05) is 33.5 Å². The molecule has 0 bridgehead atoms. The molecule has 0 radical (unpaired) electrons. The third kappa shape index (κ3) is 4.47. The molecule has 1 spiro atoms. The molecule has 2 heterocycles. The maximum absolute atomic E-state index is 11.9. The number of esters is 1. The van der Waals surface area contributed by atoms with E-state index in [-0.39, 0.29) is 22.6 Å². The highest BCUT2D eigenvalue weighted by atomic mass is 16.7. The second-order valence-electron chi connectivity index (χ2n) is 13.9. The zero-order valence-corrected chi connectivity index (χ0v) is 25.0. The summed E-state index contributed by atoms with van der Waals surface area (Å²) < 4.78 is 29.9. The van der Waals surface area contributed by atoms with Crippen LogP contribution in [0.4, 0.5) is 0 Å². The van der Waals surface area contributed by atoms with E-state index in [0.717, 1.165) is 44.5 Å². The minimum atomic E-state index is -0.495. The highest BCUT2D eigenvalue weighted by Crippen LogP contribution is 2.70. The zero-order valence-electron chi connectivity index (χ0n) is 25.0. The Morgan fingerprint density at radius 1 is 0.927 bits per heavy atom. The van der Waals surface area contributed by atoms with Crippen LogP contribution in [-0.4, -0.2) is 51.1 Å². The fourth-order valence-corrected chi connectivity index (χ4v) is 10.3. The monoisotopic (exact) mass is 562 g/mol.